The summed E-state index contributed by atoms with van der Waals surface area (Å²) < 4.78 is 1.08. The maximum atomic E-state index is 9.68. The normalized spacial score (nSPS) is 27.2. The van der Waals surface area contributed by atoms with Crippen molar-refractivity contribution >= 4 is 31.9 Å². The Bertz CT molecular complexity index is 311. The third-order valence-electron chi connectivity index (χ3n) is 2.18. The van der Waals surface area contributed by atoms with Gasteiger partial charge in [-0.15, -0.1) is 0 Å². The maximum Gasteiger partial charge on any atom is 0.0920 e. The van der Waals surface area contributed by atoms with Crippen LogP contribution in [0.3, 0.4) is 0 Å². The van der Waals surface area contributed by atoms with Crippen molar-refractivity contribution in [3.63, 3.8) is 0 Å². The molecular formula is C9H8Br2O. The molecule has 0 saturated carbocycles. The number of alkyl halides is 1. The number of benzene rings is 1. The van der Waals surface area contributed by atoms with E-state index < -0.39 is 0 Å². The molecule has 1 nitrogen and oxygen atoms in total. The zero-order valence-electron chi connectivity index (χ0n) is 6.30. The van der Waals surface area contributed by atoms with Gasteiger partial charge in [-0.3, -0.25) is 0 Å². The van der Waals surface area contributed by atoms with Gasteiger partial charge in [-0.05, 0) is 29.7 Å². The molecule has 0 amide bonds. The second-order valence-corrected chi connectivity index (χ2v) is 5.10. The molecule has 0 heterocycles. The minimum atomic E-state index is -0.340. The highest BCUT2D eigenvalue weighted by Gasteiger charge is 2.28. The number of aliphatic hydroxyl groups is 1. The fraction of sp³-hybridized carbons (Fsp3) is 0.333. The van der Waals surface area contributed by atoms with Gasteiger partial charge in [0, 0.05) is 9.30 Å². The first-order valence-electron chi connectivity index (χ1n) is 3.79. The van der Waals surface area contributed by atoms with E-state index in [2.05, 4.69) is 37.9 Å². The molecule has 1 N–H and O–H groups in total. The Morgan fingerprint density at radius 1 is 1.42 bits per heavy atom. The molecular weight excluding hydrogens is 284 g/mol. The lowest BCUT2D eigenvalue weighted by atomic mass is 10.1. The van der Waals surface area contributed by atoms with E-state index in [0.29, 0.717) is 0 Å². The Kier molecular flexibility index (Phi) is 2.27. The first kappa shape index (κ1) is 8.73. The van der Waals surface area contributed by atoms with E-state index in [9.17, 15) is 5.11 Å². The van der Waals surface area contributed by atoms with E-state index in [1.807, 2.05) is 12.1 Å². The SMILES string of the molecule is O[C@H]1c2ccc(Br)cc2C[C@H]1Br. The topological polar surface area (TPSA) is 20.2 Å². The fourth-order valence-corrected chi connectivity index (χ4v) is 2.60. The van der Waals surface area contributed by atoms with Crippen molar-refractivity contribution in [3.8, 4) is 0 Å². The van der Waals surface area contributed by atoms with E-state index in [1.165, 1.54) is 5.56 Å². The van der Waals surface area contributed by atoms with Gasteiger partial charge in [0.15, 0.2) is 0 Å². The highest BCUT2D eigenvalue weighted by atomic mass is 79.9. The first-order chi connectivity index (χ1) is 5.68. The van der Waals surface area contributed by atoms with Crippen LogP contribution < -0.4 is 0 Å². The third kappa shape index (κ3) is 1.34. The van der Waals surface area contributed by atoms with Gasteiger partial charge in [0.25, 0.3) is 0 Å². The highest BCUT2D eigenvalue weighted by molar-refractivity contribution is 9.10. The van der Waals surface area contributed by atoms with Crippen molar-refractivity contribution in [2.75, 3.05) is 0 Å². The lowest BCUT2D eigenvalue weighted by molar-refractivity contribution is 0.187. The van der Waals surface area contributed by atoms with Crippen LogP contribution in [0.25, 0.3) is 0 Å². The van der Waals surface area contributed by atoms with Gasteiger partial charge in [-0.1, -0.05) is 37.9 Å². The van der Waals surface area contributed by atoms with E-state index in [4.69, 9.17) is 0 Å². The maximum absolute atomic E-state index is 9.68. The van der Waals surface area contributed by atoms with Crippen molar-refractivity contribution in [1.29, 1.82) is 0 Å². The summed E-state index contributed by atoms with van der Waals surface area (Å²) >= 11 is 6.85. The minimum Gasteiger partial charge on any atom is -0.387 e. The molecule has 0 bridgehead atoms. The minimum absolute atomic E-state index is 0.182. The summed E-state index contributed by atoms with van der Waals surface area (Å²) in [6, 6.07) is 6.01. The van der Waals surface area contributed by atoms with Crippen molar-refractivity contribution in [1.82, 2.24) is 0 Å². The highest BCUT2D eigenvalue weighted by Crippen LogP contribution is 2.36. The van der Waals surface area contributed by atoms with Crippen molar-refractivity contribution in [2.45, 2.75) is 17.4 Å². The summed E-state index contributed by atoms with van der Waals surface area (Å²) in [5.74, 6) is 0. The predicted octanol–water partition coefficient (Wildman–Crippen LogP) is 2.80. The molecule has 0 unspecified atom stereocenters. The average molecular weight is 292 g/mol. The number of halogens is 2. The van der Waals surface area contributed by atoms with Crippen molar-refractivity contribution < 1.29 is 5.11 Å². The van der Waals surface area contributed by atoms with Gasteiger partial charge in [-0.25, -0.2) is 0 Å². The summed E-state index contributed by atoms with van der Waals surface area (Å²) in [5.41, 5.74) is 2.29. The van der Waals surface area contributed by atoms with Gasteiger partial charge in [0.05, 0.1) is 6.10 Å². The molecule has 1 aliphatic carbocycles. The van der Waals surface area contributed by atoms with E-state index in [1.54, 1.807) is 0 Å². The van der Waals surface area contributed by atoms with Crippen molar-refractivity contribution in [3.05, 3.63) is 33.8 Å². The monoisotopic (exact) mass is 290 g/mol. The molecule has 2 rings (SSSR count). The Labute approximate surface area is 88.0 Å². The Morgan fingerprint density at radius 3 is 2.92 bits per heavy atom. The van der Waals surface area contributed by atoms with Crippen LogP contribution in [0.5, 0.6) is 0 Å². The average Bonchev–Trinajstić information content (AvgIpc) is 2.28. The molecule has 0 aliphatic heterocycles. The number of aliphatic hydroxyl groups excluding tert-OH is 1. The predicted molar refractivity (Wildman–Crippen MR) is 55.5 cm³/mol. The lowest BCUT2D eigenvalue weighted by Gasteiger charge is -2.06. The molecule has 0 fully saturated rings. The molecule has 0 radical (unpaired) electrons. The molecule has 1 aliphatic rings. The zero-order chi connectivity index (χ0) is 8.72. The van der Waals surface area contributed by atoms with Crippen LogP contribution in [0, 0.1) is 0 Å². The molecule has 1 aromatic carbocycles. The molecule has 0 saturated heterocycles. The molecule has 1 aromatic rings. The largest absolute Gasteiger partial charge is 0.387 e. The summed E-state index contributed by atoms with van der Waals surface area (Å²) in [7, 11) is 0. The lowest BCUT2D eigenvalue weighted by Crippen LogP contribution is -2.03. The summed E-state index contributed by atoms with van der Waals surface area (Å²) in [6.07, 6.45) is 0.573. The second-order valence-electron chi connectivity index (χ2n) is 3.01. The first-order valence-corrected chi connectivity index (χ1v) is 5.50. The van der Waals surface area contributed by atoms with Gasteiger partial charge in [-0.2, -0.15) is 0 Å². The van der Waals surface area contributed by atoms with Crippen LogP contribution in [0.2, 0.25) is 0 Å². The fourth-order valence-electron chi connectivity index (χ4n) is 1.56. The van der Waals surface area contributed by atoms with Crippen LogP contribution >= 0.6 is 31.9 Å². The van der Waals surface area contributed by atoms with E-state index in [-0.39, 0.29) is 10.9 Å². The number of hydrogen-bond donors (Lipinski definition) is 1. The standard InChI is InChI=1S/C9H8Br2O/c10-6-1-2-7-5(3-6)4-8(11)9(7)12/h1-3,8-9,12H,4H2/t8-,9+/m1/s1. The quantitative estimate of drug-likeness (QED) is 0.729. The van der Waals surface area contributed by atoms with Crippen LogP contribution in [0.1, 0.15) is 17.2 Å². The van der Waals surface area contributed by atoms with E-state index in [0.717, 1.165) is 16.5 Å². The molecule has 2 atom stereocenters. The Morgan fingerprint density at radius 2 is 2.17 bits per heavy atom. The Hall–Kier alpha value is 0.140. The van der Waals surface area contributed by atoms with E-state index >= 15 is 0 Å². The Balaban J connectivity index is 2.47. The number of fused-ring (bicyclic) bond motifs is 1. The van der Waals surface area contributed by atoms with Gasteiger partial charge < -0.3 is 5.11 Å². The van der Waals surface area contributed by atoms with Crippen LogP contribution in [-0.4, -0.2) is 9.93 Å². The number of rotatable bonds is 0. The number of hydrogen-bond acceptors (Lipinski definition) is 1. The third-order valence-corrected chi connectivity index (χ3v) is 3.50. The van der Waals surface area contributed by atoms with Crippen LogP contribution in [-0.2, 0) is 6.42 Å². The van der Waals surface area contributed by atoms with Crippen LogP contribution in [0.15, 0.2) is 22.7 Å². The summed E-state index contributed by atoms with van der Waals surface area (Å²) in [6.45, 7) is 0. The molecule has 64 valence electrons. The summed E-state index contributed by atoms with van der Waals surface area (Å²) in [5, 5.41) is 9.68. The van der Waals surface area contributed by atoms with Gasteiger partial charge >= 0.3 is 0 Å². The summed E-state index contributed by atoms with van der Waals surface area (Å²) in [4.78, 5) is 0.182. The molecule has 3 heteroatoms. The van der Waals surface area contributed by atoms with Crippen molar-refractivity contribution in [2.24, 2.45) is 0 Å². The van der Waals surface area contributed by atoms with Crippen LogP contribution in [0.4, 0.5) is 0 Å². The second kappa shape index (κ2) is 3.13. The smallest absolute Gasteiger partial charge is 0.0920 e. The molecule has 0 aromatic heterocycles. The molecule has 12 heavy (non-hydrogen) atoms. The van der Waals surface area contributed by atoms with Gasteiger partial charge in [0.1, 0.15) is 0 Å². The zero-order valence-corrected chi connectivity index (χ0v) is 9.47. The van der Waals surface area contributed by atoms with Gasteiger partial charge in [0.2, 0.25) is 0 Å². The molecule has 0 spiro atoms.